The van der Waals surface area contributed by atoms with Crippen molar-refractivity contribution in [3.05, 3.63) is 56.7 Å². The summed E-state index contributed by atoms with van der Waals surface area (Å²) in [6.07, 6.45) is 1.63. The maximum absolute atomic E-state index is 11.8. The van der Waals surface area contributed by atoms with E-state index in [1.54, 1.807) is 13.3 Å². The summed E-state index contributed by atoms with van der Waals surface area (Å²) >= 11 is 0. The molecule has 0 fully saturated rings. The molecule has 0 unspecified atom stereocenters. The van der Waals surface area contributed by atoms with Crippen LogP contribution < -0.4 is 21.6 Å². The summed E-state index contributed by atoms with van der Waals surface area (Å²) in [5.41, 5.74) is 3.94. The normalized spacial score (nSPS) is 10.9. The van der Waals surface area contributed by atoms with Gasteiger partial charge in [0.05, 0.1) is 6.21 Å². The van der Waals surface area contributed by atoms with E-state index in [9.17, 15) is 9.59 Å². The van der Waals surface area contributed by atoms with Crippen molar-refractivity contribution in [2.75, 3.05) is 24.4 Å². The summed E-state index contributed by atoms with van der Waals surface area (Å²) in [5.74, 6) is 0.342. The van der Waals surface area contributed by atoms with Gasteiger partial charge >= 0.3 is 5.69 Å². The van der Waals surface area contributed by atoms with Crippen LogP contribution in [0.25, 0.3) is 0 Å². The van der Waals surface area contributed by atoms with E-state index in [2.05, 4.69) is 10.5 Å². The van der Waals surface area contributed by atoms with Gasteiger partial charge in [0.2, 0.25) is 0 Å². The number of hydrogen-bond acceptors (Lipinski definition) is 5. The van der Waals surface area contributed by atoms with E-state index in [4.69, 9.17) is 0 Å². The Labute approximate surface area is 128 Å². The van der Waals surface area contributed by atoms with Crippen LogP contribution in [0.5, 0.6) is 0 Å². The van der Waals surface area contributed by atoms with Gasteiger partial charge in [-0.15, -0.1) is 0 Å². The van der Waals surface area contributed by atoms with Gasteiger partial charge in [-0.25, -0.2) is 4.79 Å². The lowest BCUT2D eigenvalue weighted by atomic mass is 10.2. The highest BCUT2D eigenvalue weighted by molar-refractivity contribution is 5.80. The number of hydrazone groups is 1. The zero-order valence-electron chi connectivity index (χ0n) is 13.1. The fourth-order valence-corrected chi connectivity index (χ4v) is 1.87. The number of aromatic nitrogens is 2. The first-order chi connectivity index (χ1) is 10.4. The molecule has 0 aliphatic heterocycles. The van der Waals surface area contributed by atoms with Gasteiger partial charge in [0.15, 0.2) is 0 Å². The smallest absolute Gasteiger partial charge is 0.332 e. The molecule has 0 amide bonds. The van der Waals surface area contributed by atoms with Crippen molar-refractivity contribution in [1.82, 2.24) is 9.13 Å². The SMILES string of the molecule is CN(C)c1ccc(/C=N/Nc2cc(=O)n(C)c(=O)n2C)cc1. The van der Waals surface area contributed by atoms with E-state index in [0.717, 1.165) is 15.8 Å². The summed E-state index contributed by atoms with van der Waals surface area (Å²) in [6, 6.07) is 9.16. The Morgan fingerprint density at radius 2 is 1.73 bits per heavy atom. The van der Waals surface area contributed by atoms with Crippen molar-refractivity contribution in [2.24, 2.45) is 19.2 Å². The number of rotatable bonds is 4. The molecule has 0 aliphatic rings. The number of benzene rings is 1. The molecule has 0 atom stereocenters. The molecule has 1 heterocycles. The van der Waals surface area contributed by atoms with Crippen molar-refractivity contribution in [1.29, 1.82) is 0 Å². The fourth-order valence-electron chi connectivity index (χ4n) is 1.87. The van der Waals surface area contributed by atoms with Gasteiger partial charge in [0.1, 0.15) is 5.82 Å². The highest BCUT2D eigenvalue weighted by Gasteiger charge is 2.04. The largest absolute Gasteiger partial charge is 0.378 e. The number of anilines is 2. The molecule has 0 spiro atoms. The van der Waals surface area contributed by atoms with Crippen LogP contribution in [0.1, 0.15) is 5.56 Å². The molecule has 0 aliphatic carbocycles. The summed E-state index contributed by atoms with van der Waals surface area (Å²) in [5, 5.41) is 4.06. The Morgan fingerprint density at radius 3 is 2.32 bits per heavy atom. The minimum Gasteiger partial charge on any atom is -0.378 e. The minimum absolute atomic E-state index is 0.342. The summed E-state index contributed by atoms with van der Waals surface area (Å²) in [7, 11) is 6.96. The molecule has 0 saturated heterocycles. The lowest BCUT2D eigenvalue weighted by molar-refractivity contribution is 0.690. The molecule has 0 saturated carbocycles. The van der Waals surface area contributed by atoms with Crippen molar-refractivity contribution < 1.29 is 0 Å². The molecule has 7 heteroatoms. The van der Waals surface area contributed by atoms with Gasteiger partial charge < -0.3 is 4.90 Å². The Kier molecular flexibility index (Phi) is 4.45. The van der Waals surface area contributed by atoms with Gasteiger partial charge in [-0.2, -0.15) is 5.10 Å². The third-order valence-corrected chi connectivity index (χ3v) is 3.33. The van der Waals surface area contributed by atoms with Gasteiger partial charge in [-0.1, -0.05) is 12.1 Å². The Balaban J connectivity index is 2.16. The first-order valence-electron chi connectivity index (χ1n) is 6.73. The van der Waals surface area contributed by atoms with E-state index < -0.39 is 5.69 Å². The minimum atomic E-state index is -0.402. The van der Waals surface area contributed by atoms with Crippen molar-refractivity contribution in [3.8, 4) is 0 Å². The van der Waals surface area contributed by atoms with Crippen LogP contribution in [-0.4, -0.2) is 29.4 Å². The topological polar surface area (TPSA) is 71.6 Å². The predicted octanol–water partition coefficient (Wildman–Crippen LogP) is 0.596. The first kappa shape index (κ1) is 15.6. The predicted molar refractivity (Wildman–Crippen MR) is 88.9 cm³/mol. The van der Waals surface area contributed by atoms with Crippen LogP contribution >= 0.6 is 0 Å². The molecule has 116 valence electrons. The second-order valence-electron chi connectivity index (χ2n) is 5.12. The zero-order chi connectivity index (χ0) is 16.3. The van der Waals surface area contributed by atoms with E-state index in [1.807, 2.05) is 43.3 Å². The molecule has 22 heavy (non-hydrogen) atoms. The molecular formula is C15H19N5O2. The Hall–Kier alpha value is -2.83. The molecule has 0 bridgehead atoms. The van der Waals surface area contributed by atoms with Gasteiger partial charge in [0.25, 0.3) is 5.56 Å². The van der Waals surface area contributed by atoms with Crippen LogP contribution in [0.15, 0.2) is 45.0 Å². The first-order valence-corrected chi connectivity index (χ1v) is 6.73. The average molecular weight is 301 g/mol. The zero-order valence-corrected chi connectivity index (χ0v) is 13.1. The van der Waals surface area contributed by atoms with Crippen LogP contribution in [0.4, 0.5) is 11.5 Å². The van der Waals surface area contributed by atoms with Gasteiger partial charge in [-0.3, -0.25) is 19.4 Å². The van der Waals surface area contributed by atoms with E-state index in [-0.39, 0.29) is 5.56 Å². The maximum Gasteiger partial charge on any atom is 0.332 e. The van der Waals surface area contributed by atoms with Gasteiger partial charge in [-0.05, 0) is 17.7 Å². The lowest BCUT2D eigenvalue weighted by Crippen LogP contribution is -2.37. The molecule has 7 nitrogen and oxygen atoms in total. The van der Waals surface area contributed by atoms with E-state index >= 15 is 0 Å². The summed E-state index contributed by atoms with van der Waals surface area (Å²) < 4.78 is 2.36. The molecule has 2 rings (SSSR count). The number of nitrogens with zero attached hydrogens (tertiary/aromatic N) is 4. The molecular weight excluding hydrogens is 282 g/mol. The summed E-state index contributed by atoms with van der Waals surface area (Å²) in [4.78, 5) is 25.4. The average Bonchev–Trinajstić information content (AvgIpc) is 2.50. The Bertz CT molecular complexity index is 800. The third-order valence-electron chi connectivity index (χ3n) is 3.33. The molecule has 1 N–H and O–H groups in total. The number of nitrogens with one attached hydrogen (secondary N) is 1. The third kappa shape index (κ3) is 3.25. The van der Waals surface area contributed by atoms with Crippen molar-refractivity contribution >= 4 is 17.7 Å². The monoisotopic (exact) mass is 301 g/mol. The molecule has 0 radical (unpaired) electrons. The lowest BCUT2D eigenvalue weighted by Gasteiger charge is -2.11. The second kappa shape index (κ2) is 6.30. The van der Waals surface area contributed by atoms with Crippen LogP contribution in [0, 0.1) is 0 Å². The fraction of sp³-hybridized carbons (Fsp3) is 0.267. The second-order valence-corrected chi connectivity index (χ2v) is 5.12. The Morgan fingerprint density at radius 1 is 1.09 bits per heavy atom. The van der Waals surface area contributed by atoms with Crippen molar-refractivity contribution in [2.45, 2.75) is 0 Å². The standard InChI is InChI=1S/C15H19N5O2/c1-18(2)12-7-5-11(6-8-12)10-16-17-13-9-14(21)20(4)15(22)19(13)3/h5-10,17H,1-4H3/b16-10+. The quantitative estimate of drug-likeness (QED) is 0.663. The van der Waals surface area contributed by atoms with E-state index in [1.165, 1.54) is 17.7 Å². The highest BCUT2D eigenvalue weighted by Crippen LogP contribution is 2.11. The molecule has 2 aromatic rings. The highest BCUT2D eigenvalue weighted by atomic mass is 16.2. The molecule has 1 aromatic carbocycles. The van der Waals surface area contributed by atoms with Crippen LogP contribution in [0.2, 0.25) is 0 Å². The van der Waals surface area contributed by atoms with Crippen molar-refractivity contribution in [3.63, 3.8) is 0 Å². The maximum atomic E-state index is 11.8. The van der Waals surface area contributed by atoms with Crippen LogP contribution in [0.3, 0.4) is 0 Å². The molecule has 1 aromatic heterocycles. The van der Waals surface area contributed by atoms with Crippen LogP contribution in [-0.2, 0) is 14.1 Å². The summed E-state index contributed by atoms with van der Waals surface area (Å²) in [6.45, 7) is 0. The van der Waals surface area contributed by atoms with E-state index in [0.29, 0.717) is 5.82 Å². The number of hydrogen-bond donors (Lipinski definition) is 1. The van der Waals surface area contributed by atoms with Gasteiger partial charge in [0, 0.05) is 39.9 Å².